The minimum absolute atomic E-state index is 0.365. The second kappa shape index (κ2) is 18.1. The number of hydrogen-bond acceptors (Lipinski definition) is 3. The first-order valence-electron chi connectivity index (χ1n) is 9.79. The first-order chi connectivity index (χ1) is 11.7. The monoisotopic (exact) mass is 343 g/mol. The molecule has 5 heteroatoms. The fourth-order valence-electron chi connectivity index (χ4n) is 2.66. The van der Waals surface area contributed by atoms with Crippen LogP contribution in [0.2, 0.25) is 0 Å². The Morgan fingerprint density at radius 1 is 0.750 bits per heavy atom. The Kier molecular flexibility index (Phi) is 17.1. The lowest BCUT2D eigenvalue weighted by Gasteiger charge is -2.05. The highest BCUT2D eigenvalue weighted by atomic mass is 16.5. The van der Waals surface area contributed by atoms with Gasteiger partial charge < -0.3 is 15.2 Å². The zero-order valence-electron chi connectivity index (χ0n) is 15.5. The highest BCUT2D eigenvalue weighted by Gasteiger charge is 2.03. The van der Waals surface area contributed by atoms with Gasteiger partial charge in [-0.05, 0) is 6.42 Å². The zero-order chi connectivity index (χ0) is 17.9. The quantitative estimate of drug-likeness (QED) is 0.352. The van der Waals surface area contributed by atoms with Gasteiger partial charge in [-0.1, -0.05) is 90.4 Å². The summed E-state index contributed by atoms with van der Waals surface area (Å²) >= 11 is 0. The maximum Gasteiger partial charge on any atom is 0.407 e. The van der Waals surface area contributed by atoms with Crippen LogP contribution < -0.4 is 5.32 Å². The van der Waals surface area contributed by atoms with E-state index in [2.05, 4.69) is 12.2 Å². The number of unbranched alkanes of at least 4 members (excludes halogenated alkanes) is 13. The number of hydrogen-bond donors (Lipinski definition) is 2. The molecule has 0 saturated carbocycles. The minimum Gasteiger partial charge on any atom is -0.480 e. The van der Waals surface area contributed by atoms with Crippen molar-refractivity contribution in [1.82, 2.24) is 5.32 Å². The molecule has 0 aromatic heterocycles. The van der Waals surface area contributed by atoms with Crippen molar-refractivity contribution >= 4 is 12.1 Å². The molecule has 0 atom stereocenters. The molecule has 0 aromatic rings. The number of alkyl carbamates (subject to hydrolysis) is 1. The average molecular weight is 344 g/mol. The van der Waals surface area contributed by atoms with Crippen LogP contribution >= 0.6 is 0 Å². The third-order valence-corrected chi connectivity index (χ3v) is 4.11. The van der Waals surface area contributed by atoms with Crippen LogP contribution in [0.15, 0.2) is 0 Å². The van der Waals surface area contributed by atoms with Crippen molar-refractivity contribution in [2.24, 2.45) is 0 Å². The van der Waals surface area contributed by atoms with Gasteiger partial charge in [-0.25, -0.2) is 4.79 Å². The number of carboxylic acids is 1. The second-order valence-corrected chi connectivity index (χ2v) is 6.48. The molecule has 142 valence electrons. The number of aliphatic carboxylic acids is 1. The molecule has 0 saturated heterocycles. The van der Waals surface area contributed by atoms with Crippen LogP contribution in [0.1, 0.15) is 96.8 Å². The van der Waals surface area contributed by atoms with Crippen LogP contribution in [0.3, 0.4) is 0 Å². The summed E-state index contributed by atoms with van der Waals surface area (Å²) in [4.78, 5) is 21.3. The molecule has 24 heavy (non-hydrogen) atoms. The molecule has 0 aliphatic heterocycles. The number of rotatable bonds is 17. The van der Waals surface area contributed by atoms with Gasteiger partial charge in [-0.2, -0.15) is 0 Å². The molecule has 5 nitrogen and oxygen atoms in total. The van der Waals surface area contributed by atoms with Crippen LogP contribution in [0, 0.1) is 0 Å². The van der Waals surface area contributed by atoms with E-state index >= 15 is 0 Å². The predicted molar refractivity (Wildman–Crippen MR) is 97.3 cm³/mol. The van der Waals surface area contributed by atoms with Crippen molar-refractivity contribution in [2.75, 3.05) is 13.2 Å². The van der Waals surface area contributed by atoms with Crippen LogP contribution in [-0.2, 0) is 9.53 Å². The van der Waals surface area contributed by atoms with Crippen molar-refractivity contribution in [2.45, 2.75) is 96.8 Å². The summed E-state index contributed by atoms with van der Waals surface area (Å²) in [6.45, 7) is 2.23. The third kappa shape index (κ3) is 18.8. The van der Waals surface area contributed by atoms with Gasteiger partial charge in [0.2, 0.25) is 0 Å². The Labute approximate surface area is 147 Å². The van der Waals surface area contributed by atoms with Crippen LogP contribution in [0.4, 0.5) is 4.79 Å². The fourth-order valence-corrected chi connectivity index (χ4v) is 2.66. The van der Waals surface area contributed by atoms with Crippen molar-refractivity contribution in [3.8, 4) is 0 Å². The van der Waals surface area contributed by atoms with Crippen molar-refractivity contribution in [1.29, 1.82) is 0 Å². The normalized spacial score (nSPS) is 10.5. The van der Waals surface area contributed by atoms with Crippen LogP contribution in [0.5, 0.6) is 0 Å². The molecule has 1 amide bonds. The molecule has 0 aliphatic rings. The molecule has 0 unspecified atom stereocenters. The van der Waals surface area contributed by atoms with Crippen molar-refractivity contribution < 1.29 is 19.4 Å². The van der Waals surface area contributed by atoms with Gasteiger partial charge in [-0.15, -0.1) is 0 Å². The molecule has 0 rings (SSSR count). The van der Waals surface area contributed by atoms with E-state index in [0.717, 1.165) is 12.8 Å². The summed E-state index contributed by atoms with van der Waals surface area (Å²) in [5.41, 5.74) is 0. The fraction of sp³-hybridized carbons (Fsp3) is 0.895. The van der Waals surface area contributed by atoms with E-state index in [9.17, 15) is 9.59 Å². The van der Waals surface area contributed by atoms with Gasteiger partial charge in [0.15, 0.2) is 0 Å². The summed E-state index contributed by atoms with van der Waals surface area (Å²) in [5, 5.41) is 10.6. The first kappa shape index (κ1) is 22.7. The van der Waals surface area contributed by atoms with Crippen molar-refractivity contribution in [3.05, 3.63) is 0 Å². The highest BCUT2D eigenvalue weighted by Crippen LogP contribution is 2.12. The van der Waals surface area contributed by atoms with Crippen LogP contribution in [-0.4, -0.2) is 30.3 Å². The number of carboxylic acid groups (broad SMARTS) is 1. The summed E-state index contributed by atoms with van der Waals surface area (Å²) in [7, 11) is 0. The lowest BCUT2D eigenvalue weighted by molar-refractivity contribution is -0.135. The molecule has 0 spiro atoms. The number of ether oxygens (including phenoxy) is 1. The van der Waals surface area contributed by atoms with Gasteiger partial charge in [0, 0.05) is 0 Å². The molecule has 0 aliphatic carbocycles. The van der Waals surface area contributed by atoms with Gasteiger partial charge >= 0.3 is 12.1 Å². The molecular formula is C19H37NO4. The molecule has 0 fully saturated rings. The van der Waals surface area contributed by atoms with Gasteiger partial charge in [0.05, 0.1) is 6.61 Å². The summed E-state index contributed by atoms with van der Waals surface area (Å²) in [5.74, 6) is -1.07. The Morgan fingerprint density at radius 2 is 1.17 bits per heavy atom. The Morgan fingerprint density at radius 3 is 1.58 bits per heavy atom. The highest BCUT2D eigenvalue weighted by molar-refractivity contribution is 5.76. The summed E-state index contributed by atoms with van der Waals surface area (Å²) in [6.07, 6.45) is 17.4. The number of carbonyl (C=O) groups excluding carboxylic acids is 1. The van der Waals surface area contributed by atoms with Gasteiger partial charge in [-0.3, -0.25) is 4.79 Å². The number of amides is 1. The smallest absolute Gasteiger partial charge is 0.407 e. The molecular weight excluding hydrogens is 306 g/mol. The van der Waals surface area contributed by atoms with E-state index < -0.39 is 18.6 Å². The topological polar surface area (TPSA) is 75.6 Å². The summed E-state index contributed by atoms with van der Waals surface area (Å²) < 4.78 is 4.89. The maximum atomic E-state index is 11.1. The van der Waals surface area contributed by atoms with Crippen molar-refractivity contribution in [3.63, 3.8) is 0 Å². The van der Waals surface area contributed by atoms with Gasteiger partial charge in [0.25, 0.3) is 0 Å². The molecule has 2 N–H and O–H groups in total. The Bertz CT molecular complexity index is 308. The van der Waals surface area contributed by atoms with E-state index in [1.54, 1.807) is 0 Å². The lowest BCUT2D eigenvalue weighted by Crippen LogP contribution is -2.30. The van der Waals surface area contributed by atoms with E-state index in [1.165, 1.54) is 77.0 Å². The average Bonchev–Trinajstić information content (AvgIpc) is 2.56. The second-order valence-electron chi connectivity index (χ2n) is 6.48. The predicted octanol–water partition coefficient (Wildman–Crippen LogP) is 5.28. The lowest BCUT2D eigenvalue weighted by atomic mass is 10.0. The first-order valence-corrected chi connectivity index (χ1v) is 9.79. The van der Waals surface area contributed by atoms with Gasteiger partial charge in [0.1, 0.15) is 6.54 Å². The summed E-state index contributed by atoms with van der Waals surface area (Å²) in [6, 6.07) is 0. The molecule has 0 radical (unpaired) electrons. The standard InChI is InChI=1S/C19H37NO4/c1-2-3-4-5-6-7-8-9-10-11-12-13-14-15-16-24-19(23)20-17-18(21)22/h2-17H2,1H3,(H,20,23)(H,21,22). The minimum atomic E-state index is -1.07. The SMILES string of the molecule is CCCCCCCCCCCCCCCCOC(=O)NCC(=O)O. The largest absolute Gasteiger partial charge is 0.480 e. The number of carbonyl (C=O) groups is 2. The van der Waals surface area contributed by atoms with E-state index in [-0.39, 0.29) is 0 Å². The van der Waals surface area contributed by atoms with E-state index in [1.807, 2.05) is 0 Å². The van der Waals surface area contributed by atoms with E-state index in [4.69, 9.17) is 9.84 Å². The van der Waals surface area contributed by atoms with E-state index in [0.29, 0.717) is 6.61 Å². The maximum absolute atomic E-state index is 11.1. The third-order valence-electron chi connectivity index (χ3n) is 4.11. The number of nitrogens with one attached hydrogen (secondary N) is 1. The molecule has 0 bridgehead atoms. The Balaban J connectivity index is 3.10. The zero-order valence-corrected chi connectivity index (χ0v) is 15.5. The molecule has 0 heterocycles. The Hall–Kier alpha value is -1.26. The van der Waals surface area contributed by atoms with Crippen LogP contribution in [0.25, 0.3) is 0 Å². The molecule has 0 aromatic carbocycles.